The summed E-state index contributed by atoms with van der Waals surface area (Å²) < 4.78 is 16.6. The average Bonchev–Trinajstić information content (AvgIpc) is 2.45. The monoisotopic (exact) mass is 389 g/mol. The van der Waals surface area contributed by atoms with Gasteiger partial charge in [-0.3, -0.25) is 0 Å². The van der Waals surface area contributed by atoms with E-state index < -0.39 is 17.7 Å². The van der Waals surface area contributed by atoms with Gasteiger partial charge in [0.15, 0.2) is 0 Å². The molecule has 2 N–H and O–H groups in total. The van der Waals surface area contributed by atoms with Gasteiger partial charge in [0.25, 0.3) is 0 Å². The zero-order chi connectivity index (χ0) is 17.6. The molecule has 1 aromatic rings. The standard InChI is InChI=1S/C16H24BrNO5/c1-16(2,3)23-15(20)18-11(9-19)6-10-7-14(22-5)12(17)8-13(10)21-4/h7-8,11,19H,6,9H2,1-5H3,(H,18,20). The van der Waals surface area contributed by atoms with Crippen molar-refractivity contribution in [3.63, 3.8) is 0 Å². The Morgan fingerprint density at radius 3 is 2.35 bits per heavy atom. The van der Waals surface area contributed by atoms with Crippen LogP contribution in [0, 0.1) is 0 Å². The summed E-state index contributed by atoms with van der Waals surface area (Å²) >= 11 is 3.39. The van der Waals surface area contributed by atoms with Crippen LogP contribution in [0.25, 0.3) is 0 Å². The number of nitrogens with one attached hydrogen (secondary N) is 1. The second kappa shape index (κ2) is 8.40. The minimum Gasteiger partial charge on any atom is -0.496 e. The molecule has 0 aliphatic heterocycles. The molecule has 1 atom stereocenters. The summed E-state index contributed by atoms with van der Waals surface area (Å²) in [4.78, 5) is 11.8. The smallest absolute Gasteiger partial charge is 0.407 e. The SMILES string of the molecule is COc1cc(CC(CO)NC(=O)OC(C)(C)C)c(OC)cc1Br. The lowest BCUT2D eigenvalue weighted by atomic mass is 10.0. The number of ether oxygens (including phenoxy) is 3. The fourth-order valence-corrected chi connectivity index (χ4v) is 2.47. The largest absolute Gasteiger partial charge is 0.496 e. The lowest BCUT2D eigenvalue weighted by Gasteiger charge is -2.23. The fourth-order valence-electron chi connectivity index (χ4n) is 1.98. The van der Waals surface area contributed by atoms with Crippen LogP contribution in [-0.2, 0) is 11.2 Å². The Balaban J connectivity index is 2.88. The molecular weight excluding hydrogens is 366 g/mol. The van der Waals surface area contributed by atoms with Crippen LogP contribution in [0.5, 0.6) is 11.5 Å². The van der Waals surface area contributed by atoms with Crippen LogP contribution in [0.2, 0.25) is 0 Å². The van der Waals surface area contributed by atoms with E-state index in [0.29, 0.717) is 17.9 Å². The highest BCUT2D eigenvalue weighted by atomic mass is 79.9. The van der Waals surface area contributed by atoms with E-state index in [1.165, 1.54) is 0 Å². The zero-order valence-electron chi connectivity index (χ0n) is 14.1. The van der Waals surface area contributed by atoms with Crippen molar-refractivity contribution in [3.05, 3.63) is 22.2 Å². The number of methoxy groups -OCH3 is 2. The average molecular weight is 390 g/mol. The van der Waals surface area contributed by atoms with Crippen molar-refractivity contribution in [3.8, 4) is 11.5 Å². The maximum atomic E-state index is 11.8. The number of amides is 1. The number of rotatable bonds is 6. The van der Waals surface area contributed by atoms with Crippen molar-refractivity contribution in [2.24, 2.45) is 0 Å². The Kier molecular flexibility index (Phi) is 7.15. The van der Waals surface area contributed by atoms with Gasteiger partial charge in [0.05, 0.1) is 31.3 Å². The van der Waals surface area contributed by atoms with Gasteiger partial charge in [0, 0.05) is 0 Å². The van der Waals surface area contributed by atoms with Gasteiger partial charge in [-0.25, -0.2) is 4.79 Å². The first kappa shape index (κ1) is 19.6. The molecular formula is C16H24BrNO5. The van der Waals surface area contributed by atoms with Crippen LogP contribution in [0.15, 0.2) is 16.6 Å². The Bertz CT molecular complexity index is 542. The topological polar surface area (TPSA) is 77.0 Å². The van der Waals surface area contributed by atoms with Crippen molar-refractivity contribution in [2.45, 2.75) is 38.8 Å². The molecule has 0 heterocycles. The molecule has 0 aromatic heterocycles. The van der Waals surface area contributed by atoms with Crippen molar-refractivity contribution in [1.29, 1.82) is 0 Å². The normalized spacial score (nSPS) is 12.5. The number of halogens is 1. The van der Waals surface area contributed by atoms with Crippen LogP contribution in [0.1, 0.15) is 26.3 Å². The summed E-state index contributed by atoms with van der Waals surface area (Å²) in [6.45, 7) is 5.12. The van der Waals surface area contributed by atoms with E-state index in [9.17, 15) is 9.90 Å². The number of hydrogen-bond acceptors (Lipinski definition) is 5. The van der Waals surface area contributed by atoms with E-state index >= 15 is 0 Å². The summed E-state index contributed by atoms with van der Waals surface area (Å²) in [5.41, 5.74) is 0.213. The van der Waals surface area contributed by atoms with Crippen LogP contribution >= 0.6 is 15.9 Å². The van der Waals surface area contributed by atoms with Crippen LogP contribution < -0.4 is 14.8 Å². The third kappa shape index (κ3) is 6.27. The highest BCUT2D eigenvalue weighted by Crippen LogP contribution is 2.33. The Morgan fingerprint density at radius 2 is 1.87 bits per heavy atom. The summed E-state index contributed by atoms with van der Waals surface area (Å²) in [7, 11) is 3.13. The van der Waals surface area contributed by atoms with Crippen molar-refractivity contribution in [1.82, 2.24) is 5.32 Å². The number of alkyl carbamates (subject to hydrolysis) is 1. The van der Waals surface area contributed by atoms with Gasteiger partial charge in [0.1, 0.15) is 17.1 Å². The molecule has 1 amide bonds. The molecule has 1 aromatic carbocycles. The molecule has 6 nitrogen and oxygen atoms in total. The van der Waals surface area contributed by atoms with Gasteiger partial charge in [-0.1, -0.05) is 0 Å². The lowest BCUT2D eigenvalue weighted by Crippen LogP contribution is -2.42. The maximum Gasteiger partial charge on any atom is 0.407 e. The van der Waals surface area contributed by atoms with E-state index in [1.807, 2.05) is 6.07 Å². The molecule has 0 spiro atoms. The van der Waals surface area contributed by atoms with Gasteiger partial charge >= 0.3 is 6.09 Å². The van der Waals surface area contributed by atoms with Gasteiger partial charge in [-0.05, 0) is 60.8 Å². The maximum absolute atomic E-state index is 11.8. The summed E-state index contributed by atoms with van der Waals surface area (Å²) in [5.74, 6) is 1.29. The second-order valence-corrected chi connectivity index (χ2v) is 6.88. The predicted octanol–water partition coefficient (Wildman–Crippen LogP) is 2.89. The minimum absolute atomic E-state index is 0.221. The van der Waals surface area contributed by atoms with Gasteiger partial charge in [-0.2, -0.15) is 0 Å². The van der Waals surface area contributed by atoms with E-state index in [2.05, 4.69) is 21.2 Å². The summed E-state index contributed by atoms with van der Waals surface area (Å²) in [5, 5.41) is 12.2. The third-order valence-corrected chi connectivity index (χ3v) is 3.58. The van der Waals surface area contributed by atoms with E-state index in [1.54, 1.807) is 41.1 Å². The molecule has 0 bridgehead atoms. The second-order valence-electron chi connectivity index (χ2n) is 6.03. The molecule has 7 heteroatoms. The Labute approximate surface area is 145 Å². The van der Waals surface area contributed by atoms with E-state index in [0.717, 1.165) is 10.0 Å². The Hall–Kier alpha value is -1.47. The number of carbonyl (C=O) groups is 1. The predicted molar refractivity (Wildman–Crippen MR) is 91.2 cm³/mol. The first-order valence-corrected chi connectivity index (χ1v) is 8.00. The van der Waals surface area contributed by atoms with Crippen molar-refractivity contribution < 1.29 is 24.1 Å². The molecule has 1 rings (SSSR count). The number of aliphatic hydroxyl groups is 1. The molecule has 0 radical (unpaired) electrons. The van der Waals surface area contributed by atoms with Crippen LogP contribution in [0.4, 0.5) is 4.79 Å². The van der Waals surface area contributed by atoms with Crippen LogP contribution in [0.3, 0.4) is 0 Å². The third-order valence-electron chi connectivity index (χ3n) is 2.96. The van der Waals surface area contributed by atoms with Gasteiger partial charge in [-0.15, -0.1) is 0 Å². The van der Waals surface area contributed by atoms with Crippen molar-refractivity contribution in [2.75, 3.05) is 20.8 Å². The van der Waals surface area contributed by atoms with Crippen molar-refractivity contribution >= 4 is 22.0 Å². The molecule has 0 saturated carbocycles. The summed E-state index contributed by atoms with van der Waals surface area (Å²) in [6.07, 6.45) is -0.192. The fraction of sp³-hybridized carbons (Fsp3) is 0.562. The number of aliphatic hydroxyl groups excluding tert-OH is 1. The first-order valence-electron chi connectivity index (χ1n) is 7.21. The van der Waals surface area contributed by atoms with Gasteiger partial charge in [0.2, 0.25) is 0 Å². The number of carbonyl (C=O) groups excluding carboxylic acids is 1. The molecule has 0 aliphatic rings. The number of hydrogen-bond donors (Lipinski definition) is 2. The quantitative estimate of drug-likeness (QED) is 0.781. The zero-order valence-corrected chi connectivity index (χ0v) is 15.7. The molecule has 130 valence electrons. The molecule has 0 fully saturated rings. The number of benzene rings is 1. The first-order chi connectivity index (χ1) is 10.7. The van der Waals surface area contributed by atoms with E-state index in [-0.39, 0.29) is 6.61 Å². The molecule has 0 saturated heterocycles. The highest BCUT2D eigenvalue weighted by Gasteiger charge is 2.21. The Morgan fingerprint density at radius 1 is 1.26 bits per heavy atom. The lowest BCUT2D eigenvalue weighted by molar-refractivity contribution is 0.0482. The van der Waals surface area contributed by atoms with Crippen LogP contribution in [-0.4, -0.2) is 43.7 Å². The molecule has 0 aliphatic carbocycles. The van der Waals surface area contributed by atoms with E-state index in [4.69, 9.17) is 14.2 Å². The molecule has 1 unspecified atom stereocenters. The minimum atomic E-state index is -0.595. The molecule has 23 heavy (non-hydrogen) atoms. The van der Waals surface area contributed by atoms with Gasteiger partial charge < -0.3 is 24.6 Å². The highest BCUT2D eigenvalue weighted by molar-refractivity contribution is 9.10. The summed E-state index contributed by atoms with van der Waals surface area (Å²) in [6, 6.07) is 3.10.